The number of alkyl halides is 5. The molecule has 0 unspecified atom stereocenters. The second kappa shape index (κ2) is 10.6. The van der Waals surface area contributed by atoms with Crippen molar-refractivity contribution >= 4 is 17.5 Å². The van der Waals surface area contributed by atoms with Gasteiger partial charge in [0.25, 0.3) is 0 Å². The molecule has 0 saturated heterocycles. The molecule has 0 aliphatic rings. The predicted molar refractivity (Wildman–Crippen MR) is 135 cm³/mol. The van der Waals surface area contributed by atoms with E-state index >= 15 is 0 Å². The molecule has 2 N–H and O–H groups in total. The number of nitrogens with zero attached hydrogens (tertiary/aromatic N) is 2. The maximum absolute atomic E-state index is 13.0. The Kier molecular flexibility index (Phi) is 7.48. The Morgan fingerprint density at radius 1 is 0.795 bits per heavy atom. The normalized spacial score (nSPS) is 11.7. The monoisotopic (exact) mass is 546 g/mol. The van der Waals surface area contributed by atoms with Crippen molar-refractivity contribution in [3.05, 3.63) is 83.9 Å². The average molecular weight is 546 g/mol. The number of rotatable bonds is 7. The van der Waals surface area contributed by atoms with E-state index in [-0.39, 0.29) is 17.3 Å². The fraction of sp³-hybridized carbons (Fsp3) is 0.185. The van der Waals surface area contributed by atoms with E-state index in [4.69, 9.17) is 0 Å². The lowest BCUT2D eigenvalue weighted by Crippen LogP contribution is -2.21. The van der Waals surface area contributed by atoms with Gasteiger partial charge in [0, 0.05) is 24.2 Å². The zero-order valence-corrected chi connectivity index (χ0v) is 20.9. The molecule has 0 atom stereocenters. The Morgan fingerprint density at radius 2 is 1.41 bits per heavy atom. The number of anilines is 2. The van der Waals surface area contributed by atoms with Crippen molar-refractivity contribution < 1.29 is 36.2 Å². The Hall–Kier alpha value is -4.61. The van der Waals surface area contributed by atoms with E-state index in [9.17, 15) is 26.7 Å². The molecule has 0 bridgehead atoms. The number of carbonyl (C=O) groups is 1. The molecular weight excluding hydrogens is 523 g/mol. The zero-order valence-electron chi connectivity index (χ0n) is 20.9. The summed E-state index contributed by atoms with van der Waals surface area (Å²) in [7, 11) is 0. The highest BCUT2D eigenvalue weighted by molar-refractivity contribution is 5.99. The average Bonchev–Trinajstić information content (AvgIpc) is 3.24. The van der Waals surface area contributed by atoms with Gasteiger partial charge in [0.2, 0.25) is 0 Å². The van der Waals surface area contributed by atoms with Gasteiger partial charge < -0.3 is 14.8 Å². The third-order valence-corrected chi connectivity index (χ3v) is 5.48. The first-order valence-electron chi connectivity index (χ1n) is 11.5. The summed E-state index contributed by atoms with van der Waals surface area (Å²) in [6.45, 7) is 4.48. The first kappa shape index (κ1) is 27.4. The fourth-order valence-corrected chi connectivity index (χ4v) is 3.58. The molecule has 0 aliphatic carbocycles. The molecule has 2 amide bonds. The van der Waals surface area contributed by atoms with Crippen LogP contribution in [0.15, 0.2) is 72.8 Å². The maximum atomic E-state index is 13.0. The molecule has 39 heavy (non-hydrogen) atoms. The summed E-state index contributed by atoms with van der Waals surface area (Å²) >= 11 is 0. The second-order valence-corrected chi connectivity index (χ2v) is 8.68. The molecule has 7 nitrogen and oxygen atoms in total. The van der Waals surface area contributed by atoms with Gasteiger partial charge in [-0.25, -0.2) is 9.48 Å². The highest BCUT2D eigenvalue weighted by Crippen LogP contribution is 2.29. The molecule has 0 fully saturated rings. The van der Waals surface area contributed by atoms with Crippen molar-refractivity contribution in [1.29, 1.82) is 0 Å². The van der Waals surface area contributed by atoms with Gasteiger partial charge in [-0.2, -0.15) is 13.9 Å². The van der Waals surface area contributed by atoms with Crippen LogP contribution in [0, 0.1) is 13.8 Å². The summed E-state index contributed by atoms with van der Waals surface area (Å²) < 4.78 is 73.5. The highest BCUT2D eigenvalue weighted by atomic mass is 19.4. The lowest BCUT2D eigenvalue weighted by Gasteiger charge is -2.14. The summed E-state index contributed by atoms with van der Waals surface area (Å²) in [5.41, 5.74) is 3.85. The lowest BCUT2D eigenvalue weighted by molar-refractivity contribution is -0.274. The molecule has 4 aromatic rings. The summed E-state index contributed by atoms with van der Waals surface area (Å²) in [6.07, 6.45) is -8.16. The van der Waals surface area contributed by atoms with Crippen molar-refractivity contribution in [1.82, 2.24) is 9.78 Å². The Morgan fingerprint density at radius 3 is 2.00 bits per heavy atom. The molecule has 12 heteroatoms. The minimum atomic E-state index is -4.81. The number of urea groups is 1. The van der Waals surface area contributed by atoms with Crippen LogP contribution in [0.2, 0.25) is 0 Å². The Labute approximate surface area is 220 Å². The Balaban J connectivity index is 1.59. The van der Waals surface area contributed by atoms with Crippen LogP contribution in [0.3, 0.4) is 0 Å². The summed E-state index contributed by atoms with van der Waals surface area (Å²) in [6, 6.07) is 17.0. The molecule has 1 aromatic heterocycles. The number of aryl methyl sites for hydroxylation is 2. The number of halogens is 5. The summed E-state index contributed by atoms with van der Waals surface area (Å²) in [4.78, 5) is 12.8. The number of aromatic nitrogens is 2. The van der Waals surface area contributed by atoms with E-state index in [0.29, 0.717) is 29.6 Å². The molecule has 0 saturated carbocycles. The van der Waals surface area contributed by atoms with Crippen LogP contribution in [0.4, 0.5) is 38.3 Å². The molecular formula is C27H23F5N4O3. The number of ether oxygens (including phenoxy) is 2. The van der Waals surface area contributed by atoms with Crippen LogP contribution in [-0.4, -0.2) is 28.3 Å². The number of hydrogen-bond donors (Lipinski definition) is 2. The van der Waals surface area contributed by atoms with Crippen molar-refractivity contribution in [2.75, 3.05) is 10.6 Å². The largest absolute Gasteiger partial charge is 0.573 e. The maximum Gasteiger partial charge on any atom is 0.573 e. The van der Waals surface area contributed by atoms with E-state index in [1.807, 2.05) is 32.0 Å². The molecule has 0 radical (unpaired) electrons. The zero-order chi connectivity index (χ0) is 28.4. The minimum Gasteiger partial charge on any atom is -0.433 e. The lowest BCUT2D eigenvalue weighted by atomic mass is 10.1. The van der Waals surface area contributed by atoms with Crippen LogP contribution in [0.25, 0.3) is 16.9 Å². The molecule has 4 rings (SSSR count). The van der Waals surface area contributed by atoms with E-state index in [1.165, 1.54) is 53.2 Å². The van der Waals surface area contributed by atoms with Crippen LogP contribution >= 0.6 is 0 Å². The van der Waals surface area contributed by atoms with Crippen molar-refractivity contribution in [3.8, 4) is 28.4 Å². The van der Waals surface area contributed by atoms with Gasteiger partial charge in [-0.1, -0.05) is 6.07 Å². The summed E-state index contributed by atoms with van der Waals surface area (Å²) in [5, 5.41) is 9.86. The van der Waals surface area contributed by atoms with Crippen molar-refractivity contribution in [3.63, 3.8) is 0 Å². The van der Waals surface area contributed by atoms with Crippen LogP contribution < -0.4 is 20.1 Å². The molecule has 204 valence electrons. The highest BCUT2D eigenvalue weighted by Gasteiger charge is 2.31. The standard InChI is InChI=1S/C27H23F5N4O3/c1-16-4-9-20(14-17(16)2)36-24(15-23(35-36)18-5-10-22(11-6-18)39-27(30,31)32)34-25(37)33-19-7-12-21(13-8-19)38-26(3,28)29/h4-15H,1-3H3,(H2,33,34,37). The van der Waals surface area contributed by atoms with E-state index in [1.54, 1.807) is 6.07 Å². The number of carbonyl (C=O) groups excluding carboxylic acids is 1. The van der Waals surface area contributed by atoms with Crippen molar-refractivity contribution in [2.45, 2.75) is 33.2 Å². The topological polar surface area (TPSA) is 77.4 Å². The van der Waals surface area contributed by atoms with Gasteiger partial charge in [-0.3, -0.25) is 5.32 Å². The van der Waals surface area contributed by atoms with Gasteiger partial charge in [0.05, 0.1) is 11.4 Å². The first-order chi connectivity index (χ1) is 18.3. The van der Waals surface area contributed by atoms with Gasteiger partial charge in [0.1, 0.15) is 17.3 Å². The quantitative estimate of drug-likeness (QED) is 0.233. The number of hydrogen-bond acceptors (Lipinski definition) is 4. The molecule has 0 spiro atoms. The van der Waals surface area contributed by atoms with E-state index in [0.717, 1.165) is 11.1 Å². The van der Waals surface area contributed by atoms with Gasteiger partial charge >= 0.3 is 18.5 Å². The van der Waals surface area contributed by atoms with Gasteiger partial charge in [-0.15, -0.1) is 13.2 Å². The second-order valence-electron chi connectivity index (χ2n) is 8.68. The predicted octanol–water partition coefficient (Wildman–Crippen LogP) is 7.69. The van der Waals surface area contributed by atoms with E-state index < -0.39 is 18.5 Å². The SMILES string of the molecule is Cc1ccc(-n2nc(-c3ccc(OC(F)(F)F)cc3)cc2NC(=O)Nc2ccc(OC(C)(F)F)cc2)cc1C. The molecule has 3 aromatic carbocycles. The van der Waals surface area contributed by atoms with Gasteiger partial charge in [0.15, 0.2) is 0 Å². The summed E-state index contributed by atoms with van der Waals surface area (Å²) in [5.74, 6) is -0.179. The fourth-order valence-electron chi connectivity index (χ4n) is 3.58. The third-order valence-electron chi connectivity index (χ3n) is 5.48. The Bertz CT molecular complexity index is 1460. The van der Waals surface area contributed by atoms with Crippen LogP contribution in [0.5, 0.6) is 11.5 Å². The molecule has 0 aliphatic heterocycles. The third kappa shape index (κ3) is 7.46. The first-order valence-corrected chi connectivity index (χ1v) is 11.5. The number of benzene rings is 3. The van der Waals surface area contributed by atoms with Gasteiger partial charge in [-0.05, 0) is 85.6 Å². The molecule has 1 heterocycles. The number of amides is 2. The minimum absolute atomic E-state index is 0.0717. The number of nitrogens with one attached hydrogen (secondary N) is 2. The smallest absolute Gasteiger partial charge is 0.433 e. The van der Waals surface area contributed by atoms with Crippen LogP contribution in [-0.2, 0) is 0 Å². The van der Waals surface area contributed by atoms with Crippen LogP contribution in [0.1, 0.15) is 18.1 Å². The van der Waals surface area contributed by atoms with E-state index in [2.05, 4.69) is 25.2 Å². The van der Waals surface area contributed by atoms with Crippen molar-refractivity contribution in [2.24, 2.45) is 0 Å².